The molecule has 0 fully saturated rings. The molecule has 6 heteroatoms. The third-order valence-electron chi connectivity index (χ3n) is 2.72. The number of rotatable bonds is 7. The summed E-state index contributed by atoms with van der Waals surface area (Å²) in [5, 5.41) is 12.8. The molecular weight excluding hydrogens is 280 g/mol. The molecule has 1 atom stereocenters. The summed E-state index contributed by atoms with van der Waals surface area (Å²) in [7, 11) is 1.71. The SMILES string of the molecule is CSCCC(O)C(=O)N(C)Cc1csc(C(C)C)n1. The van der Waals surface area contributed by atoms with Crippen molar-refractivity contribution >= 4 is 29.0 Å². The highest BCUT2D eigenvalue weighted by Gasteiger charge is 2.19. The topological polar surface area (TPSA) is 53.4 Å². The van der Waals surface area contributed by atoms with E-state index < -0.39 is 6.10 Å². The van der Waals surface area contributed by atoms with E-state index in [9.17, 15) is 9.90 Å². The first-order valence-electron chi connectivity index (χ1n) is 6.32. The van der Waals surface area contributed by atoms with Crippen LogP contribution in [0, 0.1) is 0 Å². The van der Waals surface area contributed by atoms with Gasteiger partial charge in [-0.3, -0.25) is 4.79 Å². The zero-order valence-corrected chi connectivity index (χ0v) is 13.6. The van der Waals surface area contributed by atoms with Crippen LogP contribution in [0.1, 0.15) is 36.9 Å². The first-order chi connectivity index (χ1) is 8.95. The fraction of sp³-hybridized carbons (Fsp3) is 0.692. The van der Waals surface area contributed by atoms with Crippen LogP contribution >= 0.6 is 23.1 Å². The molecule has 108 valence electrons. The normalized spacial score (nSPS) is 12.7. The first kappa shape index (κ1) is 16.5. The third-order valence-corrected chi connectivity index (χ3v) is 4.56. The van der Waals surface area contributed by atoms with E-state index >= 15 is 0 Å². The van der Waals surface area contributed by atoms with Crippen LogP contribution in [0.2, 0.25) is 0 Å². The molecule has 1 amide bonds. The van der Waals surface area contributed by atoms with Crippen molar-refractivity contribution in [1.29, 1.82) is 0 Å². The van der Waals surface area contributed by atoms with Crippen LogP contribution in [0.3, 0.4) is 0 Å². The number of likely N-dealkylation sites (N-methyl/N-ethyl adjacent to an activating group) is 1. The number of carbonyl (C=O) groups excluding carboxylic acids is 1. The van der Waals surface area contributed by atoms with Crippen molar-refractivity contribution in [1.82, 2.24) is 9.88 Å². The molecule has 0 aromatic carbocycles. The van der Waals surface area contributed by atoms with Gasteiger partial charge in [0.05, 0.1) is 17.2 Å². The maximum absolute atomic E-state index is 11.9. The summed E-state index contributed by atoms with van der Waals surface area (Å²) < 4.78 is 0. The molecule has 0 aliphatic heterocycles. The van der Waals surface area contributed by atoms with E-state index in [1.54, 1.807) is 35.0 Å². The van der Waals surface area contributed by atoms with Crippen molar-refractivity contribution in [2.45, 2.75) is 38.8 Å². The highest BCUT2D eigenvalue weighted by atomic mass is 32.2. The summed E-state index contributed by atoms with van der Waals surface area (Å²) in [5.74, 6) is 0.967. The molecule has 0 saturated carbocycles. The lowest BCUT2D eigenvalue weighted by Gasteiger charge is -2.19. The third kappa shape index (κ3) is 5.12. The summed E-state index contributed by atoms with van der Waals surface area (Å²) in [5.41, 5.74) is 0.890. The molecule has 0 saturated heterocycles. The van der Waals surface area contributed by atoms with Crippen molar-refractivity contribution in [3.05, 3.63) is 16.1 Å². The number of carbonyl (C=O) groups is 1. The highest BCUT2D eigenvalue weighted by Crippen LogP contribution is 2.20. The Labute approximate surface area is 123 Å². The van der Waals surface area contributed by atoms with Gasteiger partial charge in [-0.05, 0) is 18.4 Å². The van der Waals surface area contributed by atoms with E-state index in [0.29, 0.717) is 18.9 Å². The zero-order valence-electron chi connectivity index (χ0n) is 11.9. The van der Waals surface area contributed by atoms with Crippen LogP contribution in [0.25, 0.3) is 0 Å². The molecule has 19 heavy (non-hydrogen) atoms. The number of aliphatic hydroxyl groups excluding tert-OH is 1. The van der Waals surface area contributed by atoms with Gasteiger partial charge in [0.25, 0.3) is 5.91 Å². The molecule has 0 spiro atoms. The largest absolute Gasteiger partial charge is 0.383 e. The van der Waals surface area contributed by atoms with Gasteiger partial charge in [0.2, 0.25) is 0 Å². The van der Waals surface area contributed by atoms with Crippen molar-refractivity contribution in [2.24, 2.45) is 0 Å². The van der Waals surface area contributed by atoms with E-state index in [0.717, 1.165) is 16.5 Å². The monoisotopic (exact) mass is 302 g/mol. The van der Waals surface area contributed by atoms with E-state index in [1.165, 1.54) is 0 Å². The minimum atomic E-state index is -0.902. The quantitative estimate of drug-likeness (QED) is 0.840. The predicted molar refractivity (Wildman–Crippen MR) is 81.7 cm³/mol. The average molecular weight is 302 g/mol. The Morgan fingerprint density at radius 3 is 2.79 bits per heavy atom. The molecule has 1 N–H and O–H groups in total. The first-order valence-corrected chi connectivity index (χ1v) is 8.59. The Balaban J connectivity index is 2.53. The summed E-state index contributed by atoms with van der Waals surface area (Å²) in [4.78, 5) is 18.0. The van der Waals surface area contributed by atoms with Gasteiger partial charge in [0.15, 0.2) is 0 Å². The smallest absolute Gasteiger partial charge is 0.251 e. The van der Waals surface area contributed by atoms with Gasteiger partial charge in [-0.25, -0.2) is 4.98 Å². The molecule has 0 bridgehead atoms. The van der Waals surface area contributed by atoms with Gasteiger partial charge in [0, 0.05) is 18.3 Å². The Morgan fingerprint density at radius 2 is 2.26 bits per heavy atom. The van der Waals surface area contributed by atoms with Crippen molar-refractivity contribution in [3.8, 4) is 0 Å². The van der Waals surface area contributed by atoms with Crippen LogP contribution < -0.4 is 0 Å². The lowest BCUT2D eigenvalue weighted by molar-refractivity contribution is -0.139. The van der Waals surface area contributed by atoms with Crippen LogP contribution in [-0.4, -0.2) is 46.1 Å². The summed E-state index contributed by atoms with van der Waals surface area (Å²) in [6.45, 7) is 4.66. The fourth-order valence-corrected chi connectivity index (χ4v) is 2.87. The molecule has 1 heterocycles. The number of aromatic nitrogens is 1. The van der Waals surface area contributed by atoms with E-state index in [4.69, 9.17) is 0 Å². The van der Waals surface area contributed by atoms with Gasteiger partial charge >= 0.3 is 0 Å². The zero-order chi connectivity index (χ0) is 14.4. The fourth-order valence-electron chi connectivity index (χ4n) is 1.59. The van der Waals surface area contributed by atoms with Crippen LogP contribution in [-0.2, 0) is 11.3 Å². The molecule has 4 nitrogen and oxygen atoms in total. The second kappa shape index (κ2) is 7.87. The molecule has 1 aromatic heterocycles. The van der Waals surface area contributed by atoms with Gasteiger partial charge in [-0.2, -0.15) is 11.8 Å². The lowest BCUT2D eigenvalue weighted by atomic mass is 10.2. The van der Waals surface area contributed by atoms with Crippen LogP contribution in [0.5, 0.6) is 0 Å². The molecule has 0 aliphatic rings. The van der Waals surface area contributed by atoms with Gasteiger partial charge < -0.3 is 10.0 Å². The van der Waals surface area contributed by atoms with E-state index in [2.05, 4.69) is 18.8 Å². The standard InChI is InChI=1S/C13H22N2O2S2/c1-9(2)12-14-10(8-19-12)7-15(3)13(17)11(16)5-6-18-4/h8-9,11,16H,5-7H2,1-4H3. The van der Waals surface area contributed by atoms with Gasteiger partial charge in [-0.1, -0.05) is 13.8 Å². The van der Waals surface area contributed by atoms with Crippen molar-refractivity contribution in [2.75, 3.05) is 19.1 Å². The van der Waals surface area contributed by atoms with E-state index in [1.807, 2.05) is 11.6 Å². The highest BCUT2D eigenvalue weighted by molar-refractivity contribution is 7.98. The Morgan fingerprint density at radius 1 is 1.58 bits per heavy atom. The van der Waals surface area contributed by atoms with Gasteiger partial charge in [0.1, 0.15) is 6.10 Å². The van der Waals surface area contributed by atoms with Gasteiger partial charge in [-0.15, -0.1) is 11.3 Å². The molecule has 1 aromatic rings. The number of amides is 1. The molecule has 1 unspecified atom stereocenters. The Bertz CT molecular complexity index is 407. The average Bonchev–Trinajstić information content (AvgIpc) is 2.83. The number of thiazole rings is 1. The number of aliphatic hydroxyl groups is 1. The maximum Gasteiger partial charge on any atom is 0.251 e. The Kier molecular flexibility index (Phi) is 6.82. The predicted octanol–water partition coefficient (Wildman–Crippen LogP) is 2.34. The minimum Gasteiger partial charge on any atom is -0.383 e. The maximum atomic E-state index is 11.9. The Hall–Kier alpha value is -0.590. The molecule has 1 rings (SSSR count). The lowest BCUT2D eigenvalue weighted by Crippen LogP contribution is -2.36. The number of hydrogen-bond acceptors (Lipinski definition) is 5. The van der Waals surface area contributed by atoms with Crippen molar-refractivity contribution < 1.29 is 9.90 Å². The molecular formula is C13H22N2O2S2. The second-order valence-electron chi connectivity index (χ2n) is 4.82. The number of thioether (sulfide) groups is 1. The minimum absolute atomic E-state index is 0.229. The molecule has 0 radical (unpaired) electrons. The van der Waals surface area contributed by atoms with Crippen molar-refractivity contribution in [3.63, 3.8) is 0 Å². The number of nitrogens with zero attached hydrogens (tertiary/aromatic N) is 2. The van der Waals surface area contributed by atoms with Crippen LogP contribution in [0.4, 0.5) is 0 Å². The number of hydrogen-bond donors (Lipinski definition) is 1. The van der Waals surface area contributed by atoms with Crippen LogP contribution in [0.15, 0.2) is 5.38 Å². The van der Waals surface area contributed by atoms with E-state index in [-0.39, 0.29) is 5.91 Å². The summed E-state index contributed by atoms with van der Waals surface area (Å²) in [6, 6.07) is 0. The summed E-state index contributed by atoms with van der Waals surface area (Å²) >= 11 is 3.25. The summed E-state index contributed by atoms with van der Waals surface area (Å²) in [6.07, 6.45) is 1.56. The molecule has 0 aliphatic carbocycles. The second-order valence-corrected chi connectivity index (χ2v) is 6.70.